The lowest BCUT2D eigenvalue weighted by Gasteiger charge is -2.12. The molecule has 0 saturated carbocycles. The number of ketones is 1. The van der Waals surface area contributed by atoms with E-state index in [1.807, 2.05) is 24.3 Å². The van der Waals surface area contributed by atoms with Gasteiger partial charge in [0.05, 0.1) is 6.54 Å². The molecule has 0 radical (unpaired) electrons. The van der Waals surface area contributed by atoms with Gasteiger partial charge in [-0.2, -0.15) is 5.10 Å². The maximum atomic E-state index is 13.9. The average Bonchev–Trinajstić information content (AvgIpc) is 3.30. The maximum absolute atomic E-state index is 13.9. The van der Waals surface area contributed by atoms with E-state index in [0.29, 0.717) is 19.1 Å². The number of halogens is 2. The number of benzene rings is 3. The molecule has 0 fully saturated rings. The Bertz CT molecular complexity index is 1260. The van der Waals surface area contributed by atoms with Crippen molar-refractivity contribution in [2.24, 2.45) is 0 Å². The summed E-state index contributed by atoms with van der Waals surface area (Å²) < 4.78 is 35.4. The van der Waals surface area contributed by atoms with Crippen LogP contribution in [0, 0.1) is 11.6 Å². The van der Waals surface area contributed by atoms with Gasteiger partial charge < -0.3 is 4.74 Å². The Hall–Kier alpha value is -3.80. The number of ether oxygens (including phenoxy) is 1. The third-order valence-corrected chi connectivity index (χ3v) is 5.67. The highest BCUT2D eigenvalue weighted by Gasteiger charge is 2.17. The molecule has 4 nitrogen and oxygen atoms in total. The van der Waals surface area contributed by atoms with E-state index in [2.05, 4.69) is 43.2 Å². The van der Waals surface area contributed by atoms with Crippen molar-refractivity contribution in [2.45, 2.75) is 39.3 Å². The molecule has 174 valence electrons. The highest BCUT2D eigenvalue weighted by Crippen LogP contribution is 2.22. The van der Waals surface area contributed by atoms with Gasteiger partial charge in [0.2, 0.25) is 0 Å². The van der Waals surface area contributed by atoms with Crippen LogP contribution >= 0.6 is 0 Å². The first kappa shape index (κ1) is 23.4. The standard InChI is InChI=1S/C28H26F2N2O2/c1-19(2)21-12-10-20(11-13-21)18-34-28-9-4-3-6-22(28)17-32-15-14-26(31-32)27(33)16-23-24(29)7-5-8-25(23)30/h3-15,19H,16-18H2,1-2H3. The first-order valence-corrected chi connectivity index (χ1v) is 11.2. The highest BCUT2D eigenvalue weighted by molar-refractivity contribution is 5.95. The monoisotopic (exact) mass is 460 g/mol. The zero-order valence-corrected chi connectivity index (χ0v) is 19.2. The van der Waals surface area contributed by atoms with E-state index >= 15 is 0 Å². The zero-order valence-electron chi connectivity index (χ0n) is 19.2. The van der Waals surface area contributed by atoms with Gasteiger partial charge in [0.25, 0.3) is 0 Å². The average molecular weight is 461 g/mol. The van der Waals surface area contributed by atoms with E-state index in [1.54, 1.807) is 16.9 Å². The van der Waals surface area contributed by atoms with Crippen LogP contribution in [0.3, 0.4) is 0 Å². The van der Waals surface area contributed by atoms with Gasteiger partial charge in [-0.3, -0.25) is 9.48 Å². The fourth-order valence-corrected chi connectivity index (χ4v) is 3.66. The lowest BCUT2D eigenvalue weighted by atomic mass is 10.0. The van der Waals surface area contributed by atoms with Crippen molar-refractivity contribution in [3.05, 3.63) is 119 Å². The van der Waals surface area contributed by atoms with Gasteiger partial charge >= 0.3 is 0 Å². The molecule has 34 heavy (non-hydrogen) atoms. The Morgan fingerprint density at radius 1 is 0.941 bits per heavy atom. The summed E-state index contributed by atoms with van der Waals surface area (Å²) in [5, 5.41) is 4.31. The zero-order chi connectivity index (χ0) is 24.1. The highest BCUT2D eigenvalue weighted by atomic mass is 19.1. The molecule has 0 atom stereocenters. The topological polar surface area (TPSA) is 44.1 Å². The number of hydrogen-bond acceptors (Lipinski definition) is 3. The number of hydrogen-bond donors (Lipinski definition) is 0. The molecule has 0 aliphatic carbocycles. The molecule has 1 aromatic heterocycles. The molecule has 0 unspecified atom stereocenters. The molecule has 4 aromatic rings. The van der Waals surface area contributed by atoms with Crippen LogP contribution in [-0.4, -0.2) is 15.6 Å². The number of rotatable bonds is 9. The van der Waals surface area contributed by atoms with Crippen molar-refractivity contribution < 1.29 is 18.3 Å². The molecule has 0 spiro atoms. The molecule has 1 heterocycles. The fraction of sp³-hybridized carbons (Fsp3) is 0.214. The molecule has 3 aromatic carbocycles. The number of carbonyl (C=O) groups is 1. The molecule has 0 aliphatic heterocycles. The normalized spacial score (nSPS) is 11.1. The van der Waals surface area contributed by atoms with Gasteiger partial charge in [0.1, 0.15) is 29.7 Å². The second-order valence-electron chi connectivity index (χ2n) is 8.49. The minimum atomic E-state index is -0.738. The fourth-order valence-electron chi connectivity index (χ4n) is 3.66. The van der Waals surface area contributed by atoms with Crippen molar-refractivity contribution in [3.8, 4) is 5.75 Å². The molecule has 0 N–H and O–H groups in total. The van der Waals surface area contributed by atoms with Crippen molar-refractivity contribution in [1.29, 1.82) is 0 Å². The van der Waals surface area contributed by atoms with E-state index in [-0.39, 0.29) is 17.7 Å². The van der Waals surface area contributed by atoms with Crippen LogP contribution in [0.5, 0.6) is 5.75 Å². The Kier molecular flexibility index (Phi) is 7.16. The van der Waals surface area contributed by atoms with Gasteiger partial charge in [-0.15, -0.1) is 0 Å². The smallest absolute Gasteiger partial charge is 0.187 e. The second-order valence-corrected chi connectivity index (χ2v) is 8.49. The summed E-state index contributed by atoms with van der Waals surface area (Å²) in [6.45, 7) is 5.15. The summed E-state index contributed by atoms with van der Waals surface area (Å²) in [4.78, 5) is 12.5. The number of aromatic nitrogens is 2. The van der Waals surface area contributed by atoms with Gasteiger partial charge in [0, 0.05) is 23.7 Å². The van der Waals surface area contributed by atoms with E-state index < -0.39 is 17.4 Å². The molecule has 6 heteroatoms. The van der Waals surface area contributed by atoms with Crippen LogP contribution in [0.4, 0.5) is 8.78 Å². The summed E-state index contributed by atoms with van der Waals surface area (Å²) in [5.74, 6) is -0.716. The van der Waals surface area contributed by atoms with Gasteiger partial charge in [0.15, 0.2) is 5.78 Å². The summed E-state index contributed by atoms with van der Waals surface area (Å²) in [6, 6.07) is 21.1. The number of nitrogens with zero attached hydrogens (tertiary/aromatic N) is 2. The van der Waals surface area contributed by atoms with E-state index in [1.165, 1.54) is 11.6 Å². The number of carbonyl (C=O) groups excluding carboxylic acids is 1. The molecule has 0 amide bonds. The van der Waals surface area contributed by atoms with Gasteiger partial charge in [-0.1, -0.05) is 62.4 Å². The van der Waals surface area contributed by atoms with E-state index in [4.69, 9.17) is 4.74 Å². The minimum Gasteiger partial charge on any atom is -0.489 e. The van der Waals surface area contributed by atoms with Crippen LogP contribution in [0.15, 0.2) is 79.0 Å². The van der Waals surface area contributed by atoms with Crippen molar-refractivity contribution in [3.63, 3.8) is 0 Å². The van der Waals surface area contributed by atoms with Crippen LogP contribution < -0.4 is 4.74 Å². The van der Waals surface area contributed by atoms with Gasteiger partial charge in [-0.25, -0.2) is 8.78 Å². The van der Waals surface area contributed by atoms with Crippen LogP contribution in [-0.2, 0) is 19.6 Å². The second kappa shape index (κ2) is 10.4. The Morgan fingerprint density at radius 3 is 2.35 bits per heavy atom. The summed E-state index contributed by atoms with van der Waals surface area (Å²) in [6.07, 6.45) is 1.29. The Morgan fingerprint density at radius 2 is 1.65 bits per heavy atom. The predicted molar refractivity (Wildman–Crippen MR) is 127 cm³/mol. The van der Waals surface area contributed by atoms with Crippen molar-refractivity contribution >= 4 is 5.78 Å². The minimum absolute atomic E-state index is 0.159. The Balaban J connectivity index is 1.42. The molecule has 0 saturated heterocycles. The van der Waals surface area contributed by atoms with E-state index in [0.717, 1.165) is 29.0 Å². The van der Waals surface area contributed by atoms with Crippen LogP contribution in [0.1, 0.15) is 52.5 Å². The quantitative estimate of drug-likeness (QED) is 0.274. The maximum Gasteiger partial charge on any atom is 0.187 e. The third-order valence-electron chi connectivity index (χ3n) is 5.67. The first-order chi connectivity index (χ1) is 16.4. The summed E-state index contributed by atoms with van der Waals surface area (Å²) >= 11 is 0. The lowest BCUT2D eigenvalue weighted by Crippen LogP contribution is -2.10. The van der Waals surface area contributed by atoms with Gasteiger partial charge in [-0.05, 0) is 41.3 Å². The Labute approximate surface area is 197 Å². The van der Waals surface area contributed by atoms with E-state index in [9.17, 15) is 13.6 Å². The third kappa shape index (κ3) is 5.57. The first-order valence-electron chi connectivity index (χ1n) is 11.2. The SMILES string of the molecule is CC(C)c1ccc(COc2ccccc2Cn2ccc(C(=O)Cc3c(F)cccc3F)n2)cc1. The van der Waals surface area contributed by atoms with Crippen molar-refractivity contribution in [2.75, 3.05) is 0 Å². The van der Waals surface area contributed by atoms with Crippen molar-refractivity contribution in [1.82, 2.24) is 9.78 Å². The lowest BCUT2D eigenvalue weighted by molar-refractivity contribution is 0.0985. The molecular formula is C28H26F2N2O2. The predicted octanol–water partition coefficient (Wildman–Crippen LogP) is 6.34. The summed E-state index contributed by atoms with van der Waals surface area (Å²) in [7, 11) is 0. The molecule has 4 rings (SSSR count). The number of para-hydroxylation sites is 1. The molecular weight excluding hydrogens is 434 g/mol. The largest absolute Gasteiger partial charge is 0.489 e. The number of Topliss-reactive ketones (excluding diaryl/α,β-unsaturated/α-hetero) is 1. The van der Waals surface area contributed by atoms with Crippen LogP contribution in [0.2, 0.25) is 0 Å². The van der Waals surface area contributed by atoms with Crippen LogP contribution in [0.25, 0.3) is 0 Å². The molecule has 0 aliphatic rings. The summed E-state index contributed by atoms with van der Waals surface area (Å²) in [5.41, 5.74) is 3.18. The molecule has 0 bridgehead atoms.